The SMILES string of the molecule is c1ccc(N2C3CCC2CN(CC2CCc4ccccc42)C3)cc1. The standard InChI is InChI=1S/C22H26N2/c1-2-7-19(8-3-1)24-20-12-13-21(24)16-23(15-20)14-18-11-10-17-6-4-5-9-22(17)18/h1-9,18,20-21H,10-16H2. The van der Waals surface area contributed by atoms with Crippen molar-refractivity contribution >= 4 is 5.69 Å². The lowest BCUT2D eigenvalue weighted by Gasteiger charge is -2.43. The van der Waals surface area contributed by atoms with E-state index in [4.69, 9.17) is 0 Å². The smallest absolute Gasteiger partial charge is 0.0421 e. The van der Waals surface area contributed by atoms with Gasteiger partial charge in [-0.3, -0.25) is 4.90 Å². The highest BCUT2D eigenvalue weighted by molar-refractivity contribution is 5.50. The molecule has 5 rings (SSSR count). The van der Waals surface area contributed by atoms with E-state index in [1.807, 2.05) is 0 Å². The summed E-state index contributed by atoms with van der Waals surface area (Å²) in [5.74, 6) is 0.754. The Bertz CT molecular complexity index is 697. The van der Waals surface area contributed by atoms with E-state index in [0.29, 0.717) is 12.1 Å². The molecule has 2 aromatic rings. The van der Waals surface area contributed by atoms with Gasteiger partial charge in [-0.05, 0) is 54.9 Å². The fourth-order valence-electron chi connectivity index (χ4n) is 5.31. The van der Waals surface area contributed by atoms with Gasteiger partial charge in [-0.15, -0.1) is 0 Å². The van der Waals surface area contributed by atoms with Gasteiger partial charge in [0.25, 0.3) is 0 Å². The summed E-state index contributed by atoms with van der Waals surface area (Å²) in [6, 6.07) is 21.6. The van der Waals surface area contributed by atoms with Crippen LogP contribution in [0.15, 0.2) is 54.6 Å². The number of likely N-dealkylation sites (tertiary alicyclic amines) is 1. The number of nitrogens with zero attached hydrogens (tertiary/aromatic N) is 2. The van der Waals surface area contributed by atoms with E-state index < -0.39 is 0 Å². The number of para-hydroxylation sites is 1. The van der Waals surface area contributed by atoms with Crippen molar-refractivity contribution in [2.45, 2.75) is 43.7 Å². The van der Waals surface area contributed by atoms with Crippen molar-refractivity contribution < 1.29 is 0 Å². The fraction of sp³-hybridized carbons (Fsp3) is 0.455. The first-order valence-corrected chi connectivity index (χ1v) is 9.52. The number of aryl methyl sites for hydroxylation is 1. The van der Waals surface area contributed by atoms with E-state index in [2.05, 4.69) is 64.4 Å². The molecule has 0 aromatic heterocycles. The van der Waals surface area contributed by atoms with E-state index in [9.17, 15) is 0 Å². The van der Waals surface area contributed by atoms with E-state index in [1.165, 1.54) is 51.0 Å². The van der Waals surface area contributed by atoms with E-state index in [0.717, 1.165) is 5.92 Å². The summed E-state index contributed by atoms with van der Waals surface area (Å²) in [4.78, 5) is 5.47. The Balaban J connectivity index is 1.30. The molecule has 2 aromatic carbocycles. The van der Waals surface area contributed by atoms with Crippen LogP contribution in [-0.4, -0.2) is 36.6 Å². The van der Waals surface area contributed by atoms with Crippen LogP contribution in [0.2, 0.25) is 0 Å². The number of hydrogen-bond acceptors (Lipinski definition) is 2. The summed E-state index contributed by atoms with van der Waals surface area (Å²) in [6.45, 7) is 3.74. The molecule has 3 atom stereocenters. The first-order chi connectivity index (χ1) is 11.9. The molecular formula is C22H26N2. The minimum atomic E-state index is 0.711. The number of benzene rings is 2. The van der Waals surface area contributed by atoms with Gasteiger partial charge in [0.05, 0.1) is 0 Å². The van der Waals surface area contributed by atoms with Crippen molar-refractivity contribution in [3.8, 4) is 0 Å². The highest BCUT2D eigenvalue weighted by Crippen LogP contribution is 2.38. The van der Waals surface area contributed by atoms with Gasteiger partial charge in [0.1, 0.15) is 0 Å². The largest absolute Gasteiger partial charge is 0.363 e. The van der Waals surface area contributed by atoms with Crippen molar-refractivity contribution in [1.82, 2.24) is 4.90 Å². The van der Waals surface area contributed by atoms with Crippen LogP contribution in [0.3, 0.4) is 0 Å². The molecule has 1 aliphatic carbocycles. The van der Waals surface area contributed by atoms with Crippen LogP contribution >= 0.6 is 0 Å². The van der Waals surface area contributed by atoms with Crippen LogP contribution in [0, 0.1) is 0 Å². The van der Waals surface area contributed by atoms with Gasteiger partial charge < -0.3 is 4.90 Å². The minimum absolute atomic E-state index is 0.711. The van der Waals surface area contributed by atoms with Crippen molar-refractivity contribution in [2.24, 2.45) is 0 Å². The molecule has 0 radical (unpaired) electrons. The summed E-state index contributed by atoms with van der Waals surface area (Å²) in [6.07, 6.45) is 5.33. The van der Waals surface area contributed by atoms with Crippen molar-refractivity contribution in [1.29, 1.82) is 0 Å². The Morgan fingerprint density at radius 3 is 2.29 bits per heavy atom. The summed E-state index contributed by atoms with van der Waals surface area (Å²) >= 11 is 0. The van der Waals surface area contributed by atoms with Gasteiger partial charge in [-0.25, -0.2) is 0 Å². The summed E-state index contributed by atoms with van der Waals surface area (Å²) in [5.41, 5.74) is 4.64. The van der Waals surface area contributed by atoms with E-state index in [1.54, 1.807) is 11.1 Å². The maximum Gasteiger partial charge on any atom is 0.0421 e. The Kier molecular flexibility index (Phi) is 3.59. The van der Waals surface area contributed by atoms with Crippen LogP contribution in [0.25, 0.3) is 0 Å². The first-order valence-electron chi connectivity index (χ1n) is 9.52. The third-order valence-corrected chi connectivity index (χ3v) is 6.35. The molecular weight excluding hydrogens is 292 g/mol. The zero-order valence-corrected chi connectivity index (χ0v) is 14.3. The van der Waals surface area contributed by atoms with Crippen LogP contribution in [0.1, 0.15) is 36.3 Å². The molecule has 0 amide bonds. The highest BCUT2D eigenvalue weighted by atomic mass is 15.3. The minimum Gasteiger partial charge on any atom is -0.363 e. The maximum absolute atomic E-state index is 2.76. The molecule has 3 unspecified atom stereocenters. The number of fused-ring (bicyclic) bond motifs is 3. The van der Waals surface area contributed by atoms with Crippen molar-refractivity contribution in [3.05, 3.63) is 65.7 Å². The highest BCUT2D eigenvalue weighted by Gasteiger charge is 2.40. The van der Waals surface area contributed by atoms with Crippen molar-refractivity contribution in [3.63, 3.8) is 0 Å². The number of anilines is 1. The molecule has 2 saturated heterocycles. The number of rotatable bonds is 3. The van der Waals surface area contributed by atoms with E-state index in [-0.39, 0.29) is 0 Å². The molecule has 0 saturated carbocycles. The lowest BCUT2D eigenvalue weighted by atomic mass is 9.99. The van der Waals surface area contributed by atoms with Crippen LogP contribution in [0.5, 0.6) is 0 Å². The van der Waals surface area contributed by atoms with Gasteiger partial charge in [0.2, 0.25) is 0 Å². The molecule has 2 heterocycles. The topological polar surface area (TPSA) is 6.48 Å². The van der Waals surface area contributed by atoms with Crippen LogP contribution < -0.4 is 4.90 Å². The van der Waals surface area contributed by atoms with Crippen LogP contribution in [0.4, 0.5) is 5.69 Å². The lowest BCUT2D eigenvalue weighted by molar-refractivity contribution is 0.207. The zero-order chi connectivity index (χ0) is 15.9. The van der Waals surface area contributed by atoms with Gasteiger partial charge in [0.15, 0.2) is 0 Å². The molecule has 2 aliphatic heterocycles. The third kappa shape index (κ3) is 2.44. The average Bonchev–Trinajstić information content (AvgIpc) is 3.15. The summed E-state index contributed by atoms with van der Waals surface area (Å²) in [5, 5.41) is 0. The first kappa shape index (κ1) is 14.5. The predicted octanol–water partition coefficient (Wildman–Crippen LogP) is 4.07. The fourth-order valence-corrected chi connectivity index (χ4v) is 5.31. The second-order valence-corrected chi connectivity index (χ2v) is 7.78. The second-order valence-electron chi connectivity index (χ2n) is 7.78. The Hall–Kier alpha value is -1.80. The van der Waals surface area contributed by atoms with Gasteiger partial charge in [-0.2, -0.15) is 0 Å². The van der Waals surface area contributed by atoms with Crippen molar-refractivity contribution in [2.75, 3.05) is 24.5 Å². The lowest BCUT2D eigenvalue weighted by Crippen LogP contribution is -2.54. The van der Waals surface area contributed by atoms with Crippen LogP contribution in [-0.2, 0) is 6.42 Å². The Morgan fingerprint density at radius 2 is 1.50 bits per heavy atom. The monoisotopic (exact) mass is 318 g/mol. The Morgan fingerprint density at radius 1 is 0.792 bits per heavy atom. The van der Waals surface area contributed by atoms with Gasteiger partial charge in [0, 0.05) is 37.4 Å². The molecule has 0 spiro atoms. The zero-order valence-electron chi connectivity index (χ0n) is 14.3. The molecule has 24 heavy (non-hydrogen) atoms. The molecule has 3 aliphatic rings. The Labute approximate surface area is 145 Å². The molecule has 2 heteroatoms. The molecule has 2 fully saturated rings. The molecule has 2 nitrogen and oxygen atoms in total. The molecule has 2 bridgehead atoms. The maximum atomic E-state index is 2.76. The third-order valence-electron chi connectivity index (χ3n) is 6.35. The second kappa shape index (κ2) is 5.93. The quantitative estimate of drug-likeness (QED) is 0.842. The number of piperazine rings is 1. The van der Waals surface area contributed by atoms with E-state index >= 15 is 0 Å². The van der Waals surface area contributed by atoms with Gasteiger partial charge >= 0.3 is 0 Å². The molecule has 0 N–H and O–H groups in total. The molecule has 124 valence electrons. The number of hydrogen-bond donors (Lipinski definition) is 0. The normalized spacial score (nSPS) is 29.0. The summed E-state index contributed by atoms with van der Waals surface area (Å²) < 4.78 is 0. The predicted molar refractivity (Wildman–Crippen MR) is 99.7 cm³/mol. The van der Waals surface area contributed by atoms with Gasteiger partial charge in [-0.1, -0.05) is 42.5 Å². The average molecular weight is 318 g/mol. The summed E-state index contributed by atoms with van der Waals surface area (Å²) in [7, 11) is 0.